The van der Waals surface area contributed by atoms with Crippen LogP contribution in [0.25, 0.3) is 5.69 Å². The van der Waals surface area contributed by atoms with Crippen LogP contribution in [-0.2, 0) is 40.0 Å². The van der Waals surface area contributed by atoms with Crippen LogP contribution in [0.4, 0.5) is 13.6 Å². The summed E-state index contributed by atoms with van der Waals surface area (Å²) >= 11 is 0. The molecule has 2 saturated heterocycles. The first-order valence-electron chi connectivity index (χ1n) is 19.0. The number of aromatic nitrogens is 2. The molecule has 4 amide bonds. The molecule has 3 aromatic rings. The average Bonchev–Trinajstić information content (AvgIpc) is 3.87. The quantitative estimate of drug-likeness (QED) is 0.185. The topological polar surface area (TPSA) is 179 Å². The number of hydrogen-bond donors (Lipinski definition) is 1. The minimum atomic E-state index is -1.25. The second-order valence-corrected chi connectivity index (χ2v) is 14.7. The average molecular weight is 811 g/mol. The van der Waals surface area contributed by atoms with Crippen LogP contribution in [0.1, 0.15) is 69.4 Å². The van der Waals surface area contributed by atoms with E-state index in [-0.39, 0.29) is 76.0 Å². The molecule has 2 aliphatic heterocycles. The van der Waals surface area contributed by atoms with Crippen molar-refractivity contribution in [2.75, 3.05) is 45.9 Å². The highest BCUT2D eigenvalue weighted by atomic mass is 19.2. The van der Waals surface area contributed by atoms with E-state index in [0.29, 0.717) is 12.8 Å². The molecule has 2 aliphatic rings. The molecule has 2 atom stereocenters. The smallest absolute Gasteiger partial charge is 0.409 e. The van der Waals surface area contributed by atoms with Gasteiger partial charge in [-0.25, -0.2) is 23.1 Å². The summed E-state index contributed by atoms with van der Waals surface area (Å²) in [7, 11) is 0. The number of halogens is 2. The van der Waals surface area contributed by atoms with E-state index in [1.807, 2.05) is 30.3 Å². The molecule has 2 fully saturated rings. The Morgan fingerprint density at radius 2 is 1.60 bits per heavy atom. The number of esters is 2. The molecule has 1 aromatic heterocycles. The van der Waals surface area contributed by atoms with E-state index >= 15 is 0 Å². The van der Waals surface area contributed by atoms with E-state index in [1.54, 1.807) is 27.7 Å². The zero-order valence-corrected chi connectivity index (χ0v) is 32.9. The zero-order chi connectivity index (χ0) is 42.0. The van der Waals surface area contributed by atoms with Crippen molar-refractivity contribution in [3.63, 3.8) is 0 Å². The highest BCUT2D eigenvalue weighted by Crippen LogP contribution is 2.24. The summed E-state index contributed by atoms with van der Waals surface area (Å²) < 4.78 is 51.1. The number of benzene rings is 2. The molecule has 0 aliphatic carbocycles. The van der Waals surface area contributed by atoms with E-state index in [2.05, 4.69) is 10.4 Å². The molecular weight excluding hydrogens is 762 g/mol. The van der Waals surface area contributed by atoms with Crippen LogP contribution in [0.5, 0.6) is 5.88 Å². The van der Waals surface area contributed by atoms with Gasteiger partial charge in [0.25, 0.3) is 11.8 Å². The monoisotopic (exact) mass is 810 g/mol. The molecule has 5 rings (SSSR count). The van der Waals surface area contributed by atoms with Crippen LogP contribution in [0.3, 0.4) is 0 Å². The molecule has 0 radical (unpaired) electrons. The molecule has 18 heteroatoms. The van der Waals surface area contributed by atoms with Gasteiger partial charge in [-0.3, -0.25) is 19.2 Å². The second kappa shape index (κ2) is 19.4. The minimum Gasteiger partial charge on any atom is -0.467 e. The van der Waals surface area contributed by atoms with Gasteiger partial charge in [-0.2, -0.15) is 5.10 Å². The van der Waals surface area contributed by atoms with Gasteiger partial charge in [-0.05, 0) is 64.7 Å². The van der Waals surface area contributed by atoms with Gasteiger partial charge in [0.1, 0.15) is 24.3 Å². The van der Waals surface area contributed by atoms with Crippen molar-refractivity contribution >= 4 is 35.8 Å². The maximum atomic E-state index is 14.4. The van der Waals surface area contributed by atoms with Crippen molar-refractivity contribution in [2.24, 2.45) is 0 Å². The Kier molecular flexibility index (Phi) is 14.4. The number of carbonyl (C=O) groups is 6. The lowest BCUT2D eigenvalue weighted by molar-refractivity contribution is -0.155. The summed E-state index contributed by atoms with van der Waals surface area (Å²) in [4.78, 5) is 83.2. The van der Waals surface area contributed by atoms with E-state index in [9.17, 15) is 37.5 Å². The fourth-order valence-electron chi connectivity index (χ4n) is 6.42. The van der Waals surface area contributed by atoms with E-state index in [0.717, 1.165) is 28.4 Å². The third-order valence-corrected chi connectivity index (χ3v) is 9.25. The van der Waals surface area contributed by atoms with Crippen molar-refractivity contribution in [3.8, 4) is 11.6 Å². The van der Waals surface area contributed by atoms with Crippen molar-refractivity contribution in [3.05, 3.63) is 77.5 Å². The molecule has 0 saturated carbocycles. The Hall–Kier alpha value is -6.07. The number of rotatable bonds is 14. The number of nitrogens with one attached hydrogen (secondary N) is 1. The molecule has 0 spiro atoms. The summed E-state index contributed by atoms with van der Waals surface area (Å²) in [6, 6.07) is 11.0. The van der Waals surface area contributed by atoms with E-state index in [4.69, 9.17) is 18.9 Å². The van der Waals surface area contributed by atoms with Gasteiger partial charge in [0.15, 0.2) is 23.9 Å². The number of nitrogens with zero attached hydrogens (tertiary/aromatic N) is 5. The molecule has 0 bridgehead atoms. The largest absolute Gasteiger partial charge is 0.467 e. The number of ether oxygens (including phenoxy) is 4. The summed E-state index contributed by atoms with van der Waals surface area (Å²) in [6.45, 7) is 7.27. The standard InChI is InChI=1S/C40H48F2N6O10/c1-5-55-39(54)46-20-18-45(19-21-46)37(52)30(15-16-35(50)58-40(2,3)4)43-36(51)31-23-34(48(44-31)27-13-14-28(41)29(42)22-27)56-25-33(49)47-17-9-12-32(47)38(53)57-24-26-10-7-6-8-11-26/h6-8,10-11,13-14,22-23,30,32H,5,9,12,15-21,24-25H2,1-4H3,(H,43,51)/t30-,32-/m0/s1. The summed E-state index contributed by atoms with van der Waals surface area (Å²) in [5, 5.41) is 6.89. The van der Waals surface area contributed by atoms with Crippen LogP contribution < -0.4 is 10.1 Å². The Morgan fingerprint density at radius 1 is 0.897 bits per heavy atom. The second-order valence-electron chi connectivity index (χ2n) is 14.7. The van der Waals surface area contributed by atoms with Gasteiger partial charge in [0, 0.05) is 51.3 Å². The molecule has 3 heterocycles. The Balaban J connectivity index is 1.32. The summed E-state index contributed by atoms with van der Waals surface area (Å²) in [6.07, 6.45) is 0.0360. The number of hydrogen-bond acceptors (Lipinski definition) is 11. The Bertz CT molecular complexity index is 1960. The predicted molar refractivity (Wildman–Crippen MR) is 201 cm³/mol. The third-order valence-electron chi connectivity index (χ3n) is 9.25. The minimum absolute atomic E-state index is 0.0343. The summed E-state index contributed by atoms with van der Waals surface area (Å²) in [5.74, 6) is -5.71. The lowest BCUT2D eigenvalue weighted by atomic mass is 10.1. The number of amides is 4. The van der Waals surface area contributed by atoms with Crippen molar-refractivity contribution in [1.29, 1.82) is 0 Å². The zero-order valence-electron chi connectivity index (χ0n) is 32.9. The number of piperazine rings is 1. The molecule has 16 nitrogen and oxygen atoms in total. The molecule has 312 valence electrons. The lowest BCUT2D eigenvalue weighted by Gasteiger charge is -2.36. The maximum absolute atomic E-state index is 14.4. The fourth-order valence-corrected chi connectivity index (χ4v) is 6.42. The molecule has 1 N–H and O–H groups in total. The van der Waals surface area contributed by atoms with Gasteiger partial charge in [-0.15, -0.1) is 0 Å². The normalized spacial score (nSPS) is 16.0. The SMILES string of the molecule is CCOC(=O)N1CCN(C(=O)[C@H](CCC(=O)OC(C)(C)C)NC(=O)c2cc(OCC(=O)N3CCC[C@H]3C(=O)OCc3ccccc3)n(-c3ccc(F)c(F)c3)n2)CC1. The van der Waals surface area contributed by atoms with Gasteiger partial charge in [-0.1, -0.05) is 30.3 Å². The first-order valence-corrected chi connectivity index (χ1v) is 19.0. The molecular formula is C40H48F2N6O10. The maximum Gasteiger partial charge on any atom is 0.409 e. The predicted octanol–water partition coefficient (Wildman–Crippen LogP) is 3.78. The van der Waals surface area contributed by atoms with Crippen molar-refractivity contribution < 1.29 is 56.5 Å². The first-order chi connectivity index (χ1) is 27.6. The van der Waals surface area contributed by atoms with Crippen LogP contribution in [-0.4, -0.2) is 124 Å². The van der Waals surface area contributed by atoms with E-state index in [1.165, 1.54) is 20.8 Å². The van der Waals surface area contributed by atoms with Gasteiger partial charge >= 0.3 is 18.0 Å². The van der Waals surface area contributed by atoms with Crippen molar-refractivity contribution in [1.82, 2.24) is 29.8 Å². The lowest BCUT2D eigenvalue weighted by Crippen LogP contribution is -2.56. The van der Waals surface area contributed by atoms with Crippen LogP contribution in [0, 0.1) is 11.6 Å². The number of carbonyl (C=O) groups excluding carboxylic acids is 6. The van der Waals surface area contributed by atoms with Gasteiger partial charge in [0.05, 0.1) is 12.3 Å². The van der Waals surface area contributed by atoms with Crippen LogP contribution >= 0.6 is 0 Å². The Labute approximate surface area is 334 Å². The summed E-state index contributed by atoms with van der Waals surface area (Å²) in [5.41, 5.74) is -0.387. The third kappa shape index (κ3) is 11.5. The number of likely N-dealkylation sites (tertiary alicyclic amines) is 1. The molecule has 58 heavy (non-hydrogen) atoms. The highest BCUT2D eigenvalue weighted by molar-refractivity contribution is 5.96. The Morgan fingerprint density at radius 3 is 2.28 bits per heavy atom. The van der Waals surface area contributed by atoms with Crippen molar-refractivity contribution in [2.45, 2.75) is 77.7 Å². The first kappa shape index (κ1) is 43.1. The van der Waals surface area contributed by atoms with Crippen LogP contribution in [0.2, 0.25) is 0 Å². The van der Waals surface area contributed by atoms with E-state index < -0.39 is 71.7 Å². The molecule has 0 unspecified atom stereocenters. The molecule has 2 aromatic carbocycles. The fraction of sp³-hybridized carbons (Fsp3) is 0.475. The van der Waals surface area contributed by atoms with Gasteiger partial charge < -0.3 is 39.0 Å². The van der Waals surface area contributed by atoms with Gasteiger partial charge in [0.2, 0.25) is 11.8 Å². The van der Waals surface area contributed by atoms with Crippen LogP contribution in [0.15, 0.2) is 54.6 Å². The highest BCUT2D eigenvalue weighted by Gasteiger charge is 2.36.